The van der Waals surface area contributed by atoms with E-state index in [0.717, 1.165) is 23.9 Å². The van der Waals surface area contributed by atoms with Crippen LogP contribution >= 0.6 is 11.8 Å². The molecule has 0 saturated heterocycles. The third kappa shape index (κ3) is 1.08. The van der Waals surface area contributed by atoms with Crippen LogP contribution in [-0.2, 0) is 6.54 Å². The Morgan fingerprint density at radius 2 is 2.42 bits per heavy atom. The minimum absolute atomic E-state index is 0.0530. The number of thioether (sulfide) groups is 1. The SMILES string of the molecule is O=C(O)c1nnc2n1CCCS2. The number of aromatic nitrogens is 3. The molecule has 0 spiro atoms. The summed E-state index contributed by atoms with van der Waals surface area (Å²) in [5.41, 5.74) is 0. The average molecular weight is 185 g/mol. The van der Waals surface area contributed by atoms with Gasteiger partial charge in [0.05, 0.1) is 0 Å². The number of aromatic carboxylic acids is 1. The normalized spacial score (nSPS) is 15.7. The largest absolute Gasteiger partial charge is 0.475 e. The van der Waals surface area contributed by atoms with E-state index >= 15 is 0 Å². The molecule has 0 aromatic carbocycles. The van der Waals surface area contributed by atoms with Crippen molar-refractivity contribution in [1.82, 2.24) is 14.8 Å². The zero-order valence-electron chi connectivity index (χ0n) is 6.23. The lowest BCUT2D eigenvalue weighted by molar-refractivity contribution is 0.0676. The van der Waals surface area contributed by atoms with E-state index in [-0.39, 0.29) is 5.82 Å². The molecule has 1 aromatic rings. The maximum Gasteiger partial charge on any atom is 0.374 e. The van der Waals surface area contributed by atoms with Gasteiger partial charge in [0.25, 0.3) is 0 Å². The molecule has 1 aliphatic heterocycles. The topological polar surface area (TPSA) is 68.0 Å². The van der Waals surface area contributed by atoms with Crippen LogP contribution in [0.5, 0.6) is 0 Å². The standard InChI is InChI=1S/C6H7N3O2S/c10-5(11)4-7-8-6-9(4)2-1-3-12-6/h1-3H2,(H,10,11). The number of rotatable bonds is 1. The molecule has 0 fully saturated rings. The predicted molar refractivity (Wildman–Crippen MR) is 42.3 cm³/mol. The fraction of sp³-hybridized carbons (Fsp3) is 0.500. The summed E-state index contributed by atoms with van der Waals surface area (Å²) in [6, 6.07) is 0. The van der Waals surface area contributed by atoms with Gasteiger partial charge in [-0.1, -0.05) is 11.8 Å². The van der Waals surface area contributed by atoms with Crippen LogP contribution in [0.25, 0.3) is 0 Å². The second-order valence-corrected chi connectivity index (χ2v) is 3.53. The second-order valence-electron chi connectivity index (χ2n) is 2.46. The van der Waals surface area contributed by atoms with Crippen LogP contribution in [0.1, 0.15) is 17.0 Å². The highest BCUT2D eigenvalue weighted by Gasteiger charge is 2.20. The van der Waals surface area contributed by atoms with Gasteiger partial charge in [0.2, 0.25) is 5.82 Å². The molecule has 2 heterocycles. The highest BCUT2D eigenvalue weighted by molar-refractivity contribution is 7.99. The molecule has 5 nitrogen and oxygen atoms in total. The average Bonchev–Trinajstić information content (AvgIpc) is 2.47. The number of nitrogens with zero attached hydrogens (tertiary/aromatic N) is 3. The number of hydrogen-bond acceptors (Lipinski definition) is 4. The molecule has 1 aliphatic rings. The number of carboxylic acids is 1. The van der Waals surface area contributed by atoms with Gasteiger partial charge >= 0.3 is 5.97 Å². The molecule has 64 valence electrons. The lowest BCUT2D eigenvalue weighted by atomic mass is 10.4. The fourth-order valence-corrected chi connectivity index (χ4v) is 2.03. The first kappa shape index (κ1) is 7.60. The quantitative estimate of drug-likeness (QED) is 0.688. The van der Waals surface area contributed by atoms with Crippen molar-refractivity contribution in [2.75, 3.05) is 5.75 Å². The van der Waals surface area contributed by atoms with Gasteiger partial charge < -0.3 is 5.11 Å². The van der Waals surface area contributed by atoms with Crippen molar-refractivity contribution in [3.8, 4) is 0 Å². The first-order valence-electron chi connectivity index (χ1n) is 3.58. The minimum Gasteiger partial charge on any atom is -0.475 e. The first-order chi connectivity index (χ1) is 5.79. The number of fused-ring (bicyclic) bond motifs is 1. The molecule has 1 N–H and O–H groups in total. The predicted octanol–water partition coefficient (Wildman–Crippen LogP) is 0.472. The lowest BCUT2D eigenvalue weighted by Gasteiger charge is -2.11. The van der Waals surface area contributed by atoms with Crippen LogP contribution in [0.3, 0.4) is 0 Å². The Labute approximate surface area is 72.8 Å². The summed E-state index contributed by atoms with van der Waals surface area (Å²) < 4.78 is 1.65. The van der Waals surface area contributed by atoms with E-state index in [0.29, 0.717) is 0 Å². The van der Waals surface area contributed by atoms with E-state index in [1.807, 2.05) is 0 Å². The third-order valence-corrected chi connectivity index (χ3v) is 2.72. The summed E-state index contributed by atoms with van der Waals surface area (Å²) in [5.74, 6) is 0.0473. The van der Waals surface area contributed by atoms with Crippen LogP contribution in [0.2, 0.25) is 0 Å². The summed E-state index contributed by atoms with van der Waals surface area (Å²) in [4.78, 5) is 10.6. The molecule has 0 radical (unpaired) electrons. The Morgan fingerprint density at radius 3 is 3.17 bits per heavy atom. The van der Waals surface area contributed by atoms with Crippen molar-refractivity contribution in [1.29, 1.82) is 0 Å². The van der Waals surface area contributed by atoms with Crippen LogP contribution in [-0.4, -0.2) is 31.6 Å². The van der Waals surface area contributed by atoms with E-state index in [2.05, 4.69) is 10.2 Å². The smallest absolute Gasteiger partial charge is 0.374 e. The first-order valence-corrected chi connectivity index (χ1v) is 4.57. The van der Waals surface area contributed by atoms with Gasteiger partial charge in [0.1, 0.15) is 0 Å². The molecule has 12 heavy (non-hydrogen) atoms. The van der Waals surface area contributed by atoms with Crippen LogP contribution < -0.4 is 0 Å². The third-order valence-electron chi connectivity index (χ3n) is 1.67. The molecule has 0 bridgehead atoms. The zero-order chi connectivity index (χ0) is 8.55. The van der Waals surface area contributed by atoms with Gasteiger partial charge in [-0.25, -0.2) is 4.79 Å². The Hall–Kier alpha value is -1.04. The lowest BCUT2D eigenvalue weighted by Crippen LogP contribution is -2.13. The Kier molecular flexibility index (Phi) is 1.76. The van der Waals surface area contributed by atoms with Crippen molar-refractivity contribution in [3.63, 3.8) is 0 Å². The van der Waals surface area contributed by atoms with E-state index in [4.69, 9.17) is 5.11 Å². The van der Waals surface area contributed by atoms with E-state index in [1.165, 1.54) is 0 Å². The number of carboxylic acid groups (broad SMARTS) is 1. The van der Waals surface area contributed by atoms with E-state index < -0.39 is 5.97 Å². The van der Waals surface area contributed by atoms with Crippen molar-refractivity contribution in [2.24, 2.45) is 0 Å². The molecule has 0 aliphatic carbocycles. The zero-order valence-corrected chi connectivity index (χ0v) is 7.04. The number of hydrogen-bond donors (Lipinski definition) is 1. The number of carbonyl (C=O) groups is 1. The highest BCUT2D eigenvalue weighted by Crippen LogP contribution is 2.23. The molecular weight excluding hydrogens is 178 g/mol. The van der Waals surface area contributed by atoms with E-state index in [9.17, 15) is 4.79 Å². The molecular formula is C6H7N3O2S. The second kappa shape index (κ2) is 2.78. The summed E-state index contributed by atoms with van der Waals surface area (Å²) in [6.07, 6.45) is 0.982. The minimum atomic E-state index is -1.00. The van der Waals surface area contributed by atoms with Gasteiger partial charge in [-0.2, -0.15) is 0 Å². The molecule has 0 unspecified atom stereocenters. The molecule has 0 atom stereocenters. The van der Waals surface area contributed by atoms with Gasteiger partial charge in [-0.05, 0) is 6.42 Å². The Bertz CT molecular complexity index is 323. The van der Waals surface area contributed by atoms with Crippen LogP contribution in [0.15, 0.2) is 5.16 Å². The van der Waals surface area contributed by atoms with Gasteiger partial charge in [-0.15, -0.1) is 10.2 Å². The van der Waals surface area contributed by atoms with Crippen molar-refractivity contribution in [2.45, 2.75) is 18.1 Å². The Morgan fingerprint density at radius 1 is 1.58 bits per heavy atom. The van der Waals surface area contributed by atoms with Crippen molar-refractivity contribution >= 4 is 17.7 Å². The molecule has 0 amide bonds. The molecule has 2 rings (SSSR count). The summed E-state index contributed by atoms with van der Waals surface area (Å²) in [7, 11) is 0. The van der Waals surface area contributed by atoms with Gasteiger partial charge in [0.15, 0.2) is 5.16 Å². The van der Waals surface area contributed by atoms with Gasteiger partial charge in [-0.3, -0.25) is 4.57 Å². The summed E-state index contributed by atoms with van der Waals surface area (Å²) in [5, 5.41) is 16.8. The van der Waals surface area contributed by atoms with Crippen LogP contribution in [0, 0.1) is 0 Å². The van der Waals surface area contributed by atoms with Crippen LogP contribution in [0.4, 0.5) is 0 Å². The monoisotopic (exact) mass is 185 g/mol. The molecule has 0 saturated carbocycles. The highest BCUT2D eigenvalue weighted by atomic mass is 32.2. The molecule has 1 aromatic heterocycles. The summed E-state index contributed by atoms with van der Waals surface area (Å²) >= 11 is 1.55. The Balaban J connectivity index is 2.44. The van der Waals surface area contributed by atoms with Crippen molar-refractivity contribution in [3.05, 3.63) is 5.82 Å². The van der Waals surface area contributed by atoms with E-state index in [1.54, 1.807) is 16.3 Å². The van der Waals surface area contributed by atoms with Crippen molar-refractivity contribution < 1.29 is 9.90 Å². The molecule has 6 heteroatoms. The summed E-state index contributed by atoms with van der Waals surface area (Å²) in [6.45, 7) is 0.719. The maximum atomic E-state index is 10.6. The van der Waals surface area contributed by atoms with Gasteiger partial charge in [0, 0.05) is 12.3 Å². The fourth-order valence-electron chi connectivity index (χ4n) is 1.14. The maximum absolute atomic E-state index is 10.6.